The van der Waals surface area contributed by atoms with Crippen molar-refractivity contribution in [1.29, 1.82) is 0 Å². The Morgan fingerprint density at radius 2 is 1.95 bits per heavy atom. The largest absolute Gasteiger partial charge is 0.308 e. The quantitative estimate of drug-likeness (QED) is 0.850. The molecule has 106 valence electrons. The standard InChI is InChI=1S/C15H18ClN3O/c1-15(2,3)11-6-4-10(5-7-11)12-8-13(19-18-12)17-14(20)9-16/h4-8H,9H2,1-3H3,(H2,17,18,19,20). The number of rotatable bonds is 3. The molecule has 1 amide bonds. The maximum absolute atomic E-state index is 11.2. The van der Waals surface area contributed by atoms with Crippen molar-refractivity contribution in [2.24, 2.45) is 0 Å². The molecule has 0 saturated heterocycles. The molecule has 1 heterocycles. The van der Waals surface area contributed by atoms with Gasteiger partial charge in [-0.15, -0.1) is 11.6 Å². The summed E-state index contributed by atoms with van der Waals surface area (Å²) in [7, 11) is 0. The Morgan fingerprint density at radius 1 is 1.30 bits per heavy atom. The third kappa shape index (κ3) is 3.39. The molecule has 0 unspecified atom stereocenters. The Balaban J connectivity index is 2.18. The van der Waals surface area contributed by atoms with E-state index in [9.17, 15) is 4.79 Å². The highest BCUT2D eigenvalue weighted by atomic mass is 35.5. The number of alkyl halides is 1. The number of amides is 1. The number of aromatic nitrogens is 2. The molecule has 0 radical (unpaired) electrons. The van der Waals surface area contributed by atoms with Crippen LogP contribution in [0.4, 0.5) is 5.82 Å². The highest BCUT2D eigenvalue weighted by Gasteiger charge is 2.13. The molecule has 5 heteroatoms. The Bertz CT molecular complexity index is 596. The minimum Gasteiger partial charge on any atom is -0.308 e. The molecule has 0 spiro atoms. The summed E-state index contributed by atoms with van der Waals surface area (Å²) in [4.78, 5) is 11.2. The molecule has 0 aliphatic carbocycles. The maximum Gasteiger partial charge on any atom is 0.240 e. The van der Waals surface area contributed by atoms with Crippen molar-refractivity contribution in [2.75, 3.05) is 11.2 Å². The summed E-state index contributed by atoms with van der Waals surface area (Å²) in [6.07, 6.45) is 0. The SMILES string of the molecule is CC(C)(C)c1ccc(-c2cc(NC(=O)CCl)n[nH]2)cc1. The van der Waals surface area contributed by atoms with E-state index >= 15 is 0 Å². The highest BCUT2D eigenvalue weighted by Crippen LogP contribution is 2.26. The molecule has 1 aromatic heterocycles. The third-order valence-electron chi connectivity index (χ3n) is 3.03. The van der Waals surface area contributed by atoms with Gasteiger partial charge in [-0.05, 0) is 16.5 Å². The summed E-state index contributed by atoms with van der Waals surface area (Å²) in [5.41, 5.74) is 3.29. The van der Waals surface area contributed by atoms with Gasteiger partial charge in [-0.25, -0.2) is 0 Å². The first-order valence-corrected chi connectivity index (χ1v) is 6.96. The number of H-pyrrole nitrogens is 1. The Kier molecular flexibility index (Phi) is 4.14. The van der Waals surface area contributed by atoms with Crippen LogP contribution in [0.3, 0.4) is 0 Å². The molecular formula is C15H18ClN3O. The zero-order chi connectivity index (χ0) is 14.8. The molecule has 0 bridgehead atoms. The first-order valence-electron chi connectivity index (χ1n) is 6.42. The molecule has 20 heavy (non-hydrogen) atoms. The first-order chi connectivity index (χ1) is 9.40. The molecule has 2 aromatic rings. The Morgan fingerprint density at radius 3 is 2.50 bits per heavy atom. The summed E-state index contributed by atoms with van der Waals surface area (Å²) >= 11 is 5.44. The maximum atomic E-state index is 11.2. The number of aromatic amines is 1. The number of nitrogens with zero attached hydrogens (tertiary/aromatic N) is 1. The summed E-state index contributed by atoms with van der Waals surface area (Å²) in [5.74, 6) is 0.126. The zero-order valence-electron chi connectivity index (χ0n) is 11.8. The molecule has 0 saturated carbocycles. The van der Waals surface area contributed by atoms with Gasteiger partial charge in [0.25, 0.3) is 0 Å². The normalized spacial score (nSPS) is 11.4. The molecule has 0 aliphatic heterocycles. The van der Waals surface area contributed by atoms with Gasteiger partial charge in [0.2, 0.25) is 5.91 Å². The van der Waals surface area contributed by atoms with E-state index in [1.165, 1.54) is 5.56 Å². The van der Waals surface area contributed by atoms with Crippen molar-refractivity contribution in [3.05, 3.63) is 35.9 Å². The van der Waals surface area contributed by atoms with Crippen LogP contribution in [0, 0.1) is 0 Å². The highest BCUT2D eigenvalue weighted by molar-refractivity contribution is 6.29. The van der Waals surface area contributed by atoms with Gasteiger partial charge in [0.05, 0.1) is 5.69 Å². The van der Waals surface area contributed by atoms with Gasteiger partial charge < -0.3 is 5.32 Å². The van der Waals surface area contributed by atoms with Crippen molar-refractivity contribution in [3.8, 4) is 11.3 Å². The molecule has 2 N–H and O–H groups in total. The van der Waals surface area contributed by atoms with E-state index in [4.69, 9.17) is 11.6 Å². The smallest absolute Gasteiger partial charge is 0.240 e. The fourth-order valence-corrected chi connectivity index (χ4v) is 1.93. The van der Waals surface area contributed by atoms with E-state index in [0.29, 0.717) is 5.82 Å². The second-order valence-electron chi connectivity index (χ2n) is 5.68. The van der Waals surface area contributed by atoms with Crippen LogP contribution in [0.2, 0.25) is 0 Å². The van der Waals surface area contributed by atoms with Crippen LogP contribution >= 0.6 is 11.6 Å². The predicted molar refractivity (Wildman–Crippen MR) is 82.1 cm³/mol. The molecule has 0 atom stereocenters. The molecule has 0 aliphatic rings. The summed E-state index contributed by atoms with van der Waals surface area (Å²) in [6.45, 7) is 6.54. The van der Waals surface area contributed by atoms with Crippen molar-refractivity contribution >= 4 is 23.3 Å². The average Bonchev–Trinajstić information content (AvgIpc) is 2.86. The lowest BCUT2D eigenvalue weighted by Gasteiger charge is -2.18. The van der Waals surface area contributed by atoms with Crippen LogP contribution in [0.15, 0.2) is 30.3 Å². The number of halogens is 1. The van der Waals surface area contributed by atoms with Crippen molar-refractivity contribution in [3.63, 3.8) is 0 Å². The topological polar surface area (TPSA) is 57.8 Å². The number of anilines is 1. The van der Waals surface area contributed by atoms with E-state index in [1.54, 1.807) is 6.07 Å². The number of carbonyl (C=O) groups is 1. The number of hydrogen-bond donors (Lipinski definition) is 2. The van der Waals surface area contributed by atoms with E-state index in [2.05, 4.69) is 48.4 Å². The van der Waals surface area contributed by atoms with Gasteiger partial charge in [-0.2, -0.15) is 5.10 Å². The van der Waals surface area contributed by atoms with Crippen molar-refractivity contribution in [2.45, 2.75) is 26.2 Å². The minimum atomic E-state index is -0.271. The lowest BCUT2D eigenvalue weighted by Crippen LogP contribution is -2.12. The van der Waals surface area contributed by atoms with Crippen molar-refractivity contribution < 1.29 is 4.79 Å². The van der Waals surface area contributed by atoms with E-state index in [1.807, 2.05) is 12.1 Å². The van der Waals surface area contributed by atoms with Crippen LogP contribution in [0.25, 0.3) is 11.3 Å². The lowest BCUT2D eigenvalue weighted by molar-refractivity contribution is -0.113. The number of carbonyl (C=O) groups excluding carboxylic acids is 1. The Labute approximate surface area is 123 Å². The second kappa shape index (κ2) is 5.67. The Hall–Kier alpha value is -1.81. The van der Waals surface area contributed by atoms with E-state index in [0.717, 1.165) is 11.3 Å². The number of nitrogens with one attached hydrogen (secondary N) is 2. The van der Waals surface area contributed by atoms with E-state index < -0.39 is 0 Å². The molecular weight excluding hydrogens is 274 g/mol. The van der Waals surface area contributed by atoms with E-state index in [-0.39, 0.29) is 17.2 Å². The summed E-state index contributed by atoms with van der Waals surface area (Å²) in [6, 6.07) is 10.1. The third-order valence-corrected chi connectivity index (χ3v) is 3.27. The van der Waals surface area contributed by atoms with Crippen LogP contribution in [0.1, 0.15) is 26.3 Å². The fourth-order valence-electron chi connectivity index (χ4n) is 1.86. The lowest BCUT2D eigenvalue weighted by atomic mass is 9.86. The monoisotopic (exact) mass is 291 g/mol. The first kappa shape index (κ1) is 14.6. The number of hydrogen-bond acceptors (Lipinski definition) is 2. The zero-order valence-corrected chi connectivity index (χ0v) is 12.6. The number of benzene rings is 1. The van der Waals surface area contributed by atoms with Crippen LogP contribution in [-0.2, 0) is 10.2 Å². The van der Waals surface area contributed by atoms with Gasteiger partial charge in [0.15, 0.2) is 5.82 Å². The summed E-state index contributed by atoms with van der Waals surface area (Å²) < 4.78 is 0. The summed E-state index contributed by atoms with van der Waals surface area (Å²) in [5, 5.41) is 9.54. The van der Waals surface area contributed by atoms with Crippen LogP contribution in [0.5, 0.6) is 0 Å². The average molecular weight is 292 g/mol. The van der Waals surface area contributed by atoms with Crippen LogP contribution in [-0.4, -0.2) is 22.0 Å². The fraction of sp³-hybridized carbons (Fsp3) is 0.333. The molecule has 0 fully saturated rings. The predicted octanol–water partition coefficient (Wildman–Crippen LogP) is 3.55. The van der Waals surface area contributed by atoms with Crippen LogP contribution < -0.4 is 5.32 Å². The van der Waals surface area contributed by atoms with Gasteiger partial charge in [-0.3, -0.25) is 9.89 Å². The second-order valence-corrected chi connectivity index (χ2v) is 5.94. The van der Waals surface area contributed by atoms with Gasteiger partial charge in [0.1, 0.15) is 5.88 Å². The molecule has 4 nitrogen and oxygen atoms in total. The molecule has 1 aromatic carbocycles. The minimum absolute atomic E-state index is 0.0809. The molecule has 2 rings (SSSR count). The van der Waals surface area contributed by atoms with Crippen molar-refractivity contribution in [1.82, 2.24) is 10.2 Å². The van der Waals surface area contributed by atoms with Gasteiger partial charge >= 0.3 is 0 Å². The van der Waals surface area contributed by atoms with Gasteiger partial charge in [0, 0.05) is 6.07 Å². The van der Waals surface area contributed by atoms with Gasteiger partial charge in [-0.1, -0.05) is 45.0 Å².